The Morgan fingerprint density at radius 2 is 2.24 bits per heavy atom. The van der Waals surface area contributed by atoms with Crippen molar-refractivity contribution in [3.05, 3.63) is 41.2 Å². The van der Waals surface area contributed by atoms with Gasteiger partial charge in [-0.2, -0.15) is 0 Å². The predicted octanol–water partition coefficient (Wildman–Crippen LogP) is 2.68. The average Bonchev–Trinajstić information content (AvgIpc) is 2.30. The molecule has 17 heavy (non-hydrogen) atoms. The van der Waals surface area contributed by atoms with Crippen molar-refractivity contribution in [3.8, 4) is 0 Å². The van der Waals surface area contributed by atoms with E-state index < -0.39 is 11.8 Å². The van der Waals surface area contributed by atoms with E-state index in [0.717, 1.165) is 19.0 Å². The number of carboxylic acids is 1. The van der Waals surface area contributed by atoms with Crippen molar-refractivity contribution in [2.45, 2.75) is 13.3 Å². The molecule has 0 saturated heterocycles. The molecule has 90 valence electrons. The molecule has 2 rings (SSSR count). The van der Waals surface area contributed by atoms with Gasteiger partial charge in [-0.3, -0.25) is 0 Å². The minimum atomic E-state index is -1.11. The van der Waals surface area contributed by atoms with E-state index in [1.54, 1.807) is 0 Å². The van der Waals surface area contributed by atoms with Crippen LogP contribution in [0.5, 0.6) is 0 Å². The molecular weight excluding hydrogens is 221 g/mol. The third-order valence-electron chi connectivity index (χ3n) is 2.97. The first-order chi connectivity index (χ1) is 8.08. The molecule has 0 radical (unpaired) electrons. The summed E-state index contributed by atoms with van der Waals surface area (Å²) in [6, 6.07) is 4.04. The molecule has 1 N–H and O–H groups in total. The first-order valence-corrected chi connectivity index (χ1v) is 5.51. The Balaban J connectivity index is 2.25. The van der Waals surface area contributed by atoms with E-state index in [2.05, 4.69) is 13.0 Å². The highest BCUT2D eigenvalue weighted by atomic mass is 19.1. The number of hydrogen-bond acceptors (Lipinski definition) is 2. The lowest BCUT2D eigenvalue weighted by molar-refractivity contribution is 0.0696. The van der Waals surface area contributed by atoms with Crippen molar-refractivity contribution in [1.29, 1.82) is 0 Å². The van der Waals surface area contributed by atoms with Gasteiger partial charge in [0.25, 0.3) is 0 Å². The summed E-state index contributed by atoms with van der Waals surface area (Å²) in [5.74, 6) is -1.58. The Labute approximate surface area is 99.2 Å². The average molecular weight is 235 g/mol. The Bertz CT molecular complexity index is 482. The van der Waals surface area contributed by atoms with Crippen LogP contribution in [0.15, 0.2) is 29.8 Å². The molecule has 0 aromatic heterocycles. The zero-order valence-corrected chi connectivity index (χ0v) is 9.61. The van der Waals surface area contributed by atoms with E-state index in [1.807, 2.05) is 4.90 Å². The zero-order chi connectivity index (χ0) is 12.4. The van der Waals surface area contributed by atoms with Crippen LogP contribution >= 0.6 is 0 Å². The smallest absolute Gasteiger partial charge is 0.335 e. The number of hydrogen-bond donors (Lipinski definition) is 1. The molecule has 1 aromatic carbocycles. The zero-order valence-electron chi connectivity index (χ0n) is 9.61. The van der Waals surface area contributed by atoms with Crippen LogP contribution in [-0.4, -0.2) is 24.2 Å². The van der Waals surface area contributed by atoms with Crippen LogP contribution in [0.25, 0.3) is 0 Å². The molecule has 1 aromatic rings. The minimum absolute atomic E-state index is 0.0185. The molecule has 0 unspecified atom stereocenters. The Kier molecular flexibility index (Phi) is 3.13. The van der Waals surface area contributed by atoms with E-state index in [1.165, 1.54) is 17.7 Å². The van der Waals surface area contributed by atoms with Crippen LogP contribution < -0.4 is 4.90 Å². The fourth-order valence-corrected chi connectivity index (χ4v) is 1.89. The van der Waals surface area contributed by atoms with Gasteiger partial charge in [-0.15, -0.1) is 0 Å². The first kappa shape index (κ1) is 11.6. The summed E-state index contributed by atoms with van der Waals surface area (Å²) in [6.45, 7) is 3.50. The SMILES string of the molecule is CC1=CCN(c2ccc(C(=O)O)cc2F)CC1. The lowest BCUT2D eigenvalue weighted by Gasteiger charge is -2.27. The lowest BCUT2D eigenvalue weighted by Crippen LogP contribution is -2.28. The maximum atomic E-state index is 13.8. The summed E-state index contributed by atoms with van der Waals surface area (Å²) in [7, 11) is 0. The van der Waals surface area contributed by atoms with Crippen LogP contribution in [-0.2, 0) is 0 Å². The van der Waals surface area contributed by atoms with Gasteiger partial charge < -0.3 is 10.0 Å². The normalized spacial score (nSPS) is 15.6. The number of anilines is 1. The van der Waals surface area contributed by atoms with Crippen molar-refractivity contribution in [1.82, 2.24) is 0 Å². The summed E-state index contributed by atoms with van der Waals surface area (Å²) < 4.78 is 13.8. The molecule has 1 heterocycles. The molecule has 0 aliphatic carbocycles. The summed E-state index contributed by atoms with van der Waals surface area (Å²) in [4.78, 5) is 12.6. The van der Waals surface area contributed by atoms with Gasteiger partial charge in [-0.25, -0.2) is 9.18 Å². The van der Waals surface area contributed by atoms with E-state index in [-0.39, 0.29) is 5.56 Å². The monoisotopic (exact) mass is 235 g/mol. The second-order valence-corrected chi connectivity index (χ2v) is 4.22. The number of carboxylic acid groups (broad SMARTS) is 1. The summed E-state index contributed by atoms with van der Waals surface area (Å²) in [5, 5.41) is 8.76. The van der Waals surface area contributed by atoms with Crippen LogP contribution in [0, 0.1) is 5.82 Å². The largest absolute Gasteiger partial charge is 0.478 e. The maximum Gasteiger partial charge on any atom is 0.335 e. The van der Waals surface area contributed by atoms with Crippen molar-refractivity contribution in [2.75, 3.05) is 18.0 Å². The number of halogens is 1. The fourth-order valence-electron chi connectivity index (χ4n) is 1.89. The molecule has 0 bridgehead atoms. The molecular formula is C13H14FNO2. The van der Waals surface area contributed by atoms with Crippen molar-refractivity contribution < 1.29 is 14.3 Å². The third kappa shape index (κ3) is 2.46. The van der Waals surface area contributed by atoms with Crippen LogP contribution in [0.3, 0.4) is 0 Å². The van der Waals surface area contributed by atoms with Gasteiger partial charge in [-0.05, 0) is 31.5 Å². The number of aromatic carboxylic acids is 1. The molecule has 0 fully saturated rings. The fraction of sp³-hybridized carbons (Fsp3) is 0.308. The van der Waals surface area contributed by atoms with Crippen LogP contribution in [0.4, 0.5) is 10.1 Å². The molecule has 0 amide bonds. The van der Waals surface area contributed by atoms with Crippen molar-refractivity contribution in [2.24, 2.45) is 0 Å². The summed E-state index contributed by atoms with van der Waals surface area (Å²) >= 11 is 0. The summed E-state index contributed by atoms with van der Waals surface area (Å²) in [5.41, 5.74) is 1.76. The third-order valence-corrected chi connectivity index (χ3v) is 2.97. The molecule has 1 aliphatic rings. The van der Waals surface area contributed by atoms with Gasteiger partial charge in [0.15, 0.2) is 0 Å². The van der Waals surface area contributed by atoms with E-state index in [4.69, 9.17) is 5.11 Å². The van der Waals surface area contributed by atoms with Gasteiger partial charge in [0, 0.05) is 13.1 Å². The molecule has 0 spiro atoms. The number of nitrogens with zero attached hydrogens (tertiary/aromatic N) is 1. The highest BCUT2D eigenvalue weighted by Gasteiger charge is 2.15. The number of benzene rings is 1. The highest BCUT2D eigenvalue weighted by molar-refractivity contribution is 5.88. The van der Waals surface area contributed by atoms with Gasteiger partial charge in [-0.1, -0.05) is 11.6 Å². The van der Waals surface area contributed by atoms with Crippen molar-refractivity contribution >= 4 is 11.7 Å². The Morgan fingerprint density at radius 3 is 2.76 bits per heavy atom. The topological polar surface area (TPSA) is 40.5 Å². The minimum Gasteiger partial charge on any atom is -0.478 e. The molecule has 1 aliphatic heterocycles. The summed E-state index contributed by atoms with van der Waals surface area (Å²) in [6.07, 6.45) is 2.98. The quantitative estimate of drug-likeness (QED) is 0.801. The van der Waals surface area contributed by atoms with Crippen molar-refractivity contribution in [3.63, 3.8) is 0 Å². The predicted molar refractivity (Wildman–Crippen MR) is 63.9 cm³/mol. The van der Waals surface area contributed by atoms with Crippen LogP contribution in [0.1, 0.15) is 23.7 Å². The number of rotatable bonds is 2. The number of carbonyl (C=O) groups is 1. The second-order valence-electron chi connectivity index (χ2n) is 4.22. The first-order valence-electron chi connectivity index (χ1n) is 5.51. The molecule has 0 atom stereocenters. The maximum absolute atomic E-state index is 13.8. The van der Waals surface area contributed by atoms with Gasteiger partial charge >= 0.3 is 5.97 Å². The van der Waals surface area contributed by atoms with Gasteiger partial charge in [0.05, 0.1) is 11.3 Å². The van der Waals surface area contributed by atoms with Gasteiger partial charge in [0.2, 0.25) is 0 Å². The van der Waals surface area contributed by atoms with Crippen LogP contribution in [0.2, 0.25) is 0 Å². The van der Waals surface area contributed by atoms with E-state index in [9.17, 15) is 9.18 Å². The standard InChI is InChI=1S/C13H14FNO2/c1-9-4-6-15(7-5-9)12-3-2-10(13(16)17)8-11(12)14/h2-4,8H,5-7H2,1H3,(H,16,17). The van der Waals surface area contributed by atoms with E-state index >= 15 is 0 Å². The Morgan fingerprint density at radius 1 is 1.47 bits per heavy atom. The molecule has 4 heteroatoms. The lowest BCUT2D eigenvalue weighted by atomic mass is 10.1. The molecule has 0 saturated carbocycles. The molecule has 3 nitrogen and oxygen atoms in total. The van der Waals surface area contributed by atoms with Gasteiger partial charge in [0.1, 0.15) is 5.82 Å². The van der Waals surface area contributed by atoms with E-state index in [0.29, 0.717) is 12.2 Å². The highest BCUT2D eigenvalue weighted by Crippen LogP contribution is 2.23. The second kappa shape index (κ2) is 4.57. The Hall–Kier alpha value is -1.84.